The maximum absolute atomic E-state index is 14.9. The van der Waals surface area contributed by atoms with Crippen LogP contribution < -0.4 is 15.6 Å². The summed E-state index contributed by atoms with van der Waals surface area (Å²) in [6.07, 6.45) is 0. The van der Waals surface area contributed by atoms with Gasteiger partial charge in [0.1, 0.15) is 15.9 Å². The Morgan fingerprint density at radius 1 is 1.12 bits per heavy atom. The number of aromatic nitrogens is 2. The van der Waals surface area contributed by atoms with Gasteiger partial charge in [0, 0.05) is 5.69 Å². The van der Waals surface area contributed by atoms with Gasteiger partial charge in [-0.25, -0.2) is 27.3 Å². The summed E-state index contributed by atoms with van der Waals surface area (Å²) in [6.45, 7) is 3.42. The third-order valence-electron chi connectivity index (χ3n) is 4.68. The van der Waals surface area contributed by atoms with Gasteiger partial charge in [0.2, 0.25) is 0 Å². The molecule has 12 heteroatoms. The van der Waals surface area contributed by atoms with Crippen LogP contribution in [0.5, 0.6) is 0 Å². The Kier molecular flexibility index (Phi) is 5.95. The van der Waals surface area contributed by atoms with Gasteiger partial charge in [0.05, 0.1) is 20.9 Å². The smallest absolute Gasteiger partial charge is 0.307 e. The van der Waals surface area contributed by atoms with Crippen LogP contribution in [0.3, 0.4) is 0 Å². The predicted octanol–water partition coefficient (Wildman–Crippen LogP) is 4.37. The number of sulfonamides is 1. The number of nitrogens with one attached hydrogen (secondary N) is 2. The molecule has 8 nitrogen and oxygen atoms in total. The Hall–Kier alpha value is -3.28. The van der Waals surface area contributed by atoms with Crippen molar-refractivity contribution in [1.29, 1.82) is 0 Å². The van der Waals surface area contributed by atoms with E-state index in [0.29, 0.717) is 10.9 Å². The van der Waals surface area contributed by atoms with Crippen molar-refractivity contribution in [2.75, 3.05) is 5.32 Å². The van der Waals surface area contributed by atoms with Crippen LogP contribution >= 0.6 is 22.9 Å². The number of rotatable bonds is 4. The molecule has 2 N–H and O–H groups in total. The number of fused-ring (bicyclic) bond motifs is 1. The lowest BCUT2D eigenvalue weighted by Gasteiger charge is -2.13. The summed E-state index contributed by atoms with van der Waals surface area (Å²) in [4.78, 5) is 29.5. The lowest BCUT2D eigenvalue weighted by atomic mass is 10.1. The number of nitrogens with zero attached hydrogens (tertiary/aromatic N) is 2. The molecule has 0 spiro atoms. The van der Waals surface area contributed by atoms with Crippen molar-refractivity contribution in [3.05, 3.63) is 80.4 Å². The molecule has 0 aliphatic carbocycles. The highest BCUT2D eigenvalue weighted by Gasteiger charge is 2.20. The molecule has 0 saturated carbocycles. The number of carbonyl (C=O) groups is 1. The molecule has 0 radical (unpaired) electrons. The monoisotopic (exact) mass is 506 g/mol. The number of aryl methyl sites for hydroxylation is 2. The van der Waals surface area contributed by atoms with Gasteiger partial charge in [0.25, 0.3) is 15.6 Å². The first-order valence-electron chi connectivity index (χ1n) is 9.44. The lowest BCUT2D eigenvalue weighted by Crippen LogP contribution is -2.34. The topological polar surface area (TPSA) is 110 Å². The molecule has 2 heterocycles. The molecular weight excluding hydrogens is 491 g/mol. The minimum absolute atomic E-state index is 0.0107. The molecule has 170 valence electrons. The maximum atomic E-state index is 14.9. The van der Waals surface area contributed by atoms with Crippen LogP contribution in [0.25, 0.3) is 16.6 Å². The van der Waals surface area contributed by atoms with E-state index in [1.54, 1.807) is 19.1 Å². The van der Waals surface area contributed by atoms with Crippen molar-refractivity contribution in [2.24, 2.45) is 0 Å². The second-order valence-electron chi connectivity index (χ2n) is 7.10. The molecule has 0 saturated heterocycles. The van der Waals surface area contributed by atoms with Gasteiger partial charge in [-0.3, -0.25) is 9.36 Å². The number of anilines is 1. The molecule has 4 aromatic rings. The summed E-state index contributed by atoms with van der Waals surface area (Å²) in [6, 6.07) is 10.4. The van der Waals surface area contributed by atoms with E-state index < -0.39 is 27.4 Å². The third kappa shape index (κ3) is 4.61. The third-order valence-corrected chi connectivity index (χ3v) is 7.73. The normalized spacial score (nSPS) is 11.5. The van der Waals surface area contributed by atoms with Crippen molar-refractivity contribution < 1.29 is 17.6 Å². The van der Waals surface area contributed by atoms with Gasteiger partial charge in [-0.05, 0) is 56.3 Å². The number of urea groups is 1. The van der Waals surface area contributed by atoms with Gasteiger partial charge in [-0.2, -0.15) is 0 Å². The van der Waals surface area contributed by atoms with Crippen LogP contribution in [-0.2, 0) is 10.0 Å². The highest BCUT2D eigenvalue weighted by atomic mass is 35.5. The number of carbonyl (C=O) groups excluding carboxylic acids is 1. The summed E-state index contributed by atoms with van der Waals surface area (Å²) in [5.74, 6) is -0.519. The standard InChI is InChI=1S/C21H16ClFN4O4S2/c1-11-3-5-16-14(9-11)20(28)27(12(2)24-16)17-6-4-13(10-15(17)23)25-21(29)26-33(30,31)19-8-7-18(22)32-19/h3-10H,1-2H3,(H2,25,26,29). The average Bonchev–Trinajstić information content (AvgIpc) is 3.17. The first kappa shape index (κ1) is 22.9. The van der Waals surface area contributed by atoms with Crippen molar-refractivity contribution in [3.8, 4) is 5.69 Å². The molecule has 33 heavy (non-hydrogen) atoms. The number of halogens is 2. The molecule has 2 aromatic carbocycles. The second-order valence-corrected chi connectivity index (χ2v) is 10.7. The fourth-order valence-corrected chi connectivity index (χ4v) is 5.62. The van der Waals surface area contributed by atoms with Gasteiger partial charge >= 0.3 is 6.03 Å². The molecule has 0 fully saturated rings. The van der Waals surface area contributed by atoms with Crippen LogP contribution in [0, 0.1) is 19.7 Å². The zero-order valence-electron chi connectivity index (χ0n) is 17.2. The summed E-state index contributed by atoms with van der Waals surface area (Å²) in [5, 5.41) is 2.61. The average molecular weight is 507 g/mol. The summed E-state index contributed by atoms with van der Waals surface area (Å²) >= 11 is 6.52. The molecule has 2 aromatic heterocycles. The van der Waals surface area contributed by atoms with Crippen LogP contribution in [-0.4, -0.2) is 24.0 Å². The Bertz CT molecular complexity index is 1580. The van der Waals surface area contributed by atoms with E-state index in [-0.39, 0.29) is 25.7 Å². The lowest BCUT2D eigenvalue weighted by molar-refractivity contribution is 0.256. The van der Waals surface area contributed by atoms with E-state index in [0.717, 1.165) is 27.5 Å². The van der Waals surface area contributed by atoms with Gasteiger partial charge in [-0.15, -0.1) is 11.3 Å². The van der Waals surface area contributed by atoms with Crippen LogP contribution in [0.1, 0.15) is 11.4 Å². The maximum Gasteiger partial charge on any atom is 0.333 e. The number of benzene rings is 2. The van der Waals surface area contributed by atoms with Gasteiger partial charge in [-0.1, -0.05) is 23.2 Å². The van der Waals surface area contributed by atoms with Crippen molar-refractivity contribution in [2.45, 2.75) is 18.1 Å². The minimum Gasteiger partial charge on any atom is -0.307 e. The molecule has 0 bridgehead atoms. The highest BCUT2D eigenvalue weighted by Crippen LogP contribution is 2.25. The first-order chi connectivity index (χ1) is 15.5. The minimum atomic E-state index is -4.13. The summed E-state index contributed by atoms with van der Waals surface area (Å²) < 4.78 is 42.5. The van der Waals surface area contributed by atoms with Gasteiger partial charge < -0.3 is 5.32 Å². The van der Waals surface area contributed by atoms with E-state index >= 15 is 0 Å². The first-order valence-corrected chi connectivity index (χ1v) is 12.1. The molecular formula is C21H16ClFN4O4S2. The Morgan fingerprint density at radius 3 is 2.55 bits per heavy atom. The Morgan fingerprint density at radius 2 is 1.88 bits per heavy atom. The van der Waals surface area contributed by atoms with E-state index in [1.807, 2.05) is 17.7 Å². The number of hydrogen-bond acceptors (Lipinski definition) is 6. The quantitative estimate of drug-likeness (QED) is 0.427. The van der Waals surface area contributed by atoms with Crippen LogP contribution in [0.4, 0.5) is 14.9 Å². The zero-order chi connectivity index (χ0) is 23.9. The Labute approximate surface area is 196 Å². The molecule has 0 aliphatic heterocycles. The fraction of sp³-hybridized carbons (Fsp3) is 0.0952. The van der Waals surface area contributed by atoms with E-state index in [2.05, 4.69) is 10.3 Å². The van der Waals surface area contributed by atoms with Crippen LogP contribution in [0.15, 0.2) is 57.5 Å². The summed E-state index contributed by atoms with van der Waals surface area (Å²) in [5.41, 5.74) is 0.869. The fourth-order valence-electron chi connectivity index (χ4n) is 3.23. The Balaban J connectivity index is 1.62. The predicted molar refractivity (Wildman–Crippen MR) is 125 cm³/mol. The molecule has 0 aliphatic rings. The second kappa shape index (κ2) is 8.58. The molecule has 0 unspecified atom stereocenters. The van der Waals surface area contributed by atoms with Gasteiger partial charge in [0.15, 0.2) is 0 Å². The number of amides is 2. The molecule has 0 atom stereocenters. The summed E-state index contributed by atoms with van der Waals surface area (Å²) in [7, 11) is -4.13. The van der Waals surface area contributed by atoms with E-state index in [9.17, 15) is 22.4 Å². The zero-order valence-corrected chi connectivity index (χ0v) is 19.6. The number of hydrogen-bond donors (Lipinski definition) is 2. The van der Waals surface area contributed by atoms with Crippen LogP contribution in [0.2, 0.25) is 4.34 Å². The number of thiophene rings is 1. The molecule has 2 amide bonds. The highest BCUT2D eigenvalue weighted by molar-refractivity contribution is 7.92. The van der Waals surface area contributed by atoms with Crippen molar-refractivity contribution in [3.63, 3.8) is 0 Å². The molecule has 4 rings (SSSR count). The van der Waals surface area contributed by atoms with Crippen molar-refractivity contribution >= 4 is 55.6 Å². The van der Waals surface area contributed by atoms with E-state index in [4.69, 9.17) is 11.6 Å². The van der Waals surface area contributed by atoms with E-state index in [1.165, 1.54) is 24.3 Å². The SMILES string of the molecule is Cc1ccc2nc(C)n(-c3ccc(NC(=O)NS(=O)(=O)c4ccc(Cl)s4)cc3F)c(=O)c2c1. The van der Waals surface area contributed by atoms with Crippen molar-refractivity contribution in [1.82, 2.24) is 14.3 Å². The largest absolute Gasteiger partial charge is 0.333 e.